The Hall–Kier alpha value is -0.970. The second-order valence-electron chi connectivity index (χ2n) is 2.83. The van der Waals surface area contributed by atoms with E-state index in [9.17, 15) is 4.79 Å². The van der Waals surface area contributed by atoms with Crippen molar-refractivity contribution in [2.75, 3.05) is 0 Å². The maximum Gasteiger partial charge on any atom is 0.296 e. The lowest BCUT2D eigenvalue weighted by Crippen LogP contribution is -2.31. The molecule has 1 fully saturated rings. The molecule has 0 aliphatic heterocycles. The monoisotopic (exact) mass is 151 g/mol. The summed E-state index contributed by atoms with van der Waals surface area (Å²) in [5.74, 6) is 4.93. The number of hydrogen-bond donors (Lipinski definition) is 1. The molecule has 2 heteroatoms. The van der Waals surface area contributed by atoms with E-state index in [0.717, 1.165) is 12.8 Å². The number of carbonyl (C=O) groups is 1. The van der Waals surface area contributed by atoms with Crippen molar-refractivity contribution in [2.45, 2.75) is 38.6 Å². The summed E-state index contributed by atoms with van der Waals surface area (Å²) in [5, 5.41) is 2.87. The van der Waals surface area contributed by atoms with Crippen LogP contribution in [0.25, 0.3) is 0 Å². The number of rotatable bonds is 1. The normalized spacial score (nSPS) is 17.2. The van der Waals surface area contributed by atoms with E-state index in [2.05, 4.69) is 17.2 Å². The Morgan fingerprint density at radius 2 is 2.09 bits per heavy atom. The number of nitrogens with one attached hydrogen (secondary N) is 1. The lowest BCUT2D eigenvalue weighted by Gasteiger charge is -2.07. The van der Waals surface area contributed by atoms with E-state index in [0.29, 0.717) is 6.04 Å². The molecule has 2 nitrogen and oxygen atoms in total. The smallest absolute Gasteiger partial charge is 0.296 e. The molecule has 1 rings (SSSR count). The maximum absolute atomic E-state index is 10.9. The van der Waals surface area contributed by atoms with Gasteiger partial charge in [-0.2, -0.15) is 0 Å². The Morgan fingerprint density at radius 3 is 2.64 bits per heavy atom. The minimum absolute atomic E-state index is 0.126. The Labute approximate surface area is 67.4 Å². The van der Waals surface area contributed by atoms with Crippen LogP contribution in [0, 0.1) is 11.8 Å². The van der Waals surface area contributed by atoms with Crippen LogP contribution >= 0.6 is 0 Å². The van der Waals surface area contributed by atoms with Gasteiger partial charge in [0.1, 0.15) is 0 Å². The molecular weight excluding hydrogens is 138 g/mol. The standard InChI is InChI=1S/C9H13NO/c1-2-5-9(11)10-8-6-3-4-7-8/h8H,3-4,6-7H2,1H3,(H,10,11). The third-order valence-corrected chi connectivity index (χ3v) is 1.93. The second-order valence-corrected chi connectivity index (χ2v) is 2.83. The zero-order valence-corrected chi connectivity index (χ0v) is 6.81. The average molecular weight is 151 g/mol. The fourth-order valence-electron chi connectivity index (χ4n) is 1.41. The van der Waals surface area contributed by atoms with Crippen molar-refractivity contribution in [2.24, 2.45) is 0 Å². The molecule has 0 saturated heterocycles. The average Bonchev–Trinajstić information content (AvgIpc) is 2.40. The van der Waals surface area contributed by atoms with Crippen LogP contribution in [0.2, 0.25) is 0 Å². The Balaban J connectivity index is 2.27. The highest BCUT2D eigenvalue weighted by atomic mass is 16.1. The molecule has 60 valence electrons. The quantitative estimate of drug-likeness (QED) is 0.558. The molecule has 0 atom stereocenters. The van der Waals surface area contributed by atoms with Gasteiger partial charge in [0, 0.05) is 6.04 Å². The summed E-state index contributed by atoms with van der Waals surface area (Å²) in [6.07, 6.45) is 4.73. The first-order chi connectivity index (χ1) is 5.33. The highest BCUT2D eigenvalue weighted by Crippen LogP contribution is 2.17. The minimum Gasteiger partial charge on any atom is -0.343 e. The van der Waals surface area contributed by atoms with E-state index < -0.39 is 0 Å². The molecule has 0 spiro atoms. The van der Waals surface area contributed by atoms with Gasteiger partial charge >= 0.3 is 0 Å². The molecule has 11 heavy (non-hydrogen) atoms. The van der Waals surface area contributed by atoms with E-state index in [1.165, 1.54) is 12.8 Å². The van der Waals surface area contributed by atoms with Crippen molar-refractivity contribution in [1.82, 2.24) is 5.32 Å². The largest absolute Gasteiger partial charge is 0.343 e. The fraction of sp³-hybridized carbons (Fsp3) is 0.667. The van der Waals surface area contributed by atoms with Gasteiger partial charge in [0.25, 0.3) is 5.91 Å². The summed E-state index contributed by atoms with van der Waals surface area (Å²) < 4.78 is 0. The van der Waals surface area contributed by atoms with Gasteiger partial charge in [0.05, 0.1) is 0 Å². The Kier molecular flexibility index (Phi) is 2.97. The van der Waals surface area contributed by atoms with Crippen molar-refractivity contribution in [1.29, 1.82) is 0 Å². The zero-order valence-electron chi connectivity index (χ0n) is 6.81. The molecule has 1 amide bonds. The molecule has 0 radical (unpaired) electrons. The predicted octanol–water partition coefficient (Wildman–Crippen LogP) is 1.07. The van der Waals surface area contributed by atoms with Crippen LogP contribution in [-0.4, -0.2) is 11.9 Å². The Bertz CT molecular complexity index is 193. The van der Waals surface area contributed by atoms with Crippen LogP contribution in [0.5, 0.6) is 0 Å². The molecule has 0 bridgehead atoms. The molecule has 0 aromatic carbocycles. The van der Waals surface area contributed by atoms with Crippen molar-refractivity contribution in [3.05, 3.63) is 0 Å². The van der Waals surface area contributed by atoms with Gasteiger partial charge in [-0.15, -0.1) is 0 Å². The molecule has 0 heterocycles. The van der Waals surface area contributed by atoms with Gasteiger partial charge < -0.3 is 5.32 Å². The molecule has 1 saturated carbocycles. The summed E-state index contributed by atoms with van der Waals surface area (Å²) in [7, 11) is 0. The highest BCUT2D eigenvalue weighted by Gasteiger charge is 2.15. The summed E-state index contributed by atoms with van der Waals surface area (Å²) in [5.41, 5.74) is 0. The van der Waals surface area contributed by atoms with Crippen molar-refractivity contribution in [3.8, 4) is 11.8 Å². The van der Waals surface area contributed by atoms with Crippen LogP contribution in [0.4, 0.5) is 0 Å². The lowest BCUT2D eigenvalue weighted by molar-refractivity contribution is -0.116. The topological polar surface area (TPSA) is 29.1 Å². The van der Waals surface area contributed by atoms with Gasteiger partial charge in [-0.25, -0.2) is 0 Å². The Morgan fingerprint density at radius 1 is 1.45 bits per heavy atom. The van der Waals surface area contributed by atoms with Crippen LogP contribution in [0.3, 0.4) is 0 Å². The van der Waals surface area contributed by atoms with Gasteiger partial charge in [0.15, 0.2) is 0 Å². The second kappa shape index (κ2) is 4.02. The van der Waals surface area contributed by atoms with E-state index >= 15 is 0 Å². The number of carbonyl (C=O) groups excluding carboxylic acids is 1. The zero-order chi connectivity index (χ0) is 8.10. The van der Waals surface area contributed by atoms with Crippen LogP contribution in [0.15, 0.2) is 0 Å². The maximum atomic E-state index is 10.9. The minimum atomic E-state index is -0.126. The van der Waals surface area contributed by atoms with Gasteiger partial charge in [-0.3, -0.25) is 4.79 Å². The van der Waals surface area contributed by atoms with Gasteiger partial charge in [-0.05, 0) is 25.7 Å². The van der Waals surface area contributed by atoms with Crippen LogP contribution < -0.4 is 5.32 Å². The van der Waals surface area contributed by atoms with E-state index in [4.69, 9.17) is 0 Å². The fourth-order valence-corrected chi connectivity index (χ4v) is 1.41. The first kappa shape index (κ1) is 8.13. The van der Waals surface area contributed by atoms with Gasteiger partial charge in [0.2, 0.25) is 0 Å². The third kappa shape index (κ3) is 2.63. The van der Waals surface area contributed by atoms with E-state index in [1.54, 1.807) is 6.92 Å². The molecule has 1 N–H and O–H groups in total. The molecule has 1 aliphatic carbocycles. The molecule has 1 aliphatic rings. The van der Waals surface area contributed by atoms with E-state index in [1.807, 2.05) is 0 Å². The summed E-state index contributed by atoms with van der Waals surface area (Å²) >= 11 is 0. The molecular formula is C9H13NO. The molecule has 0 unspecified atom stereocenters. The van der Waals surface area contributed by atoms with E-state index in [-0.39, 0.29) is 5.91 Å². The number of amides is 1. The third-order valence-electron chi connectivity index (χ3n) is 1.93. The highest BCUT2D eigenvalue weighted by molar-refractivity contribution is 5.93. The molecule has 0 aromatic rings. The first-order valence-corrected chi connectivity index (χ1v) is 4.06. The summed E-state index contributed by atoms with van der Waals surface area (Å²) in [4.78, 5) is 10.9. The SMILES string of the molecule is CC#CC(=O)NC1CCCC1. The summed E-state index contributed by atoms with van der Waals surface area (Å²) in [6, 6.07) is 0.392. The van der Waals surface area contributed by atoms with Crippen molar-refractivity contribution >= 4 is 5.91 Å². The lowest BCUT2D eigenvalue weighted by atomic mass is 10.2. The van der Waals surface area contributed by atoms with Crippen LogP contribution in [0.1, 0.15) is 32.6 Å². The summed E-state index contributed by atoms with van der Waals surface area (Å²) in [6.45, 7) is 1.67. The first-order valence-electron chi connectivity index (χ1n) is 4.06. The van der Waals surface area contributed by atoms with Crippen molar-refractivity contribution < 1.29 is 4.79 Å². The number of hydrogen-bond acceptors (Lipinski definition) is 1. The predicted molar refractivity (Wildman–Crippen MR) is 43.8 cm³/mol. The van der Waals surface area contributed by atoms with Crippen LogP contribution in [-0.2, 0) is 4.79 Å². The molecule has 0 aromatic heterocycles. The van der Waals surface area contributed by atoms with Crippen molar-refractivity contribution in [3.63, 3.8) is 0 Å². The van der Waals surface area contributed by atoms with Gasteiger partial charge in [-0.1, -0.05) is 18.8 Å².